The van der Waals surface area contributed by atoms with Gasteiger partial charge in [0.1, 0.15) is 0 Å². The SMILES string of the molecule is COc1cc(/C(C(=O)c2ccc(Cl)cc2)=C2/NCCCO2)cc(O)c1O. The molecule has 0 unspecified atom stereocenters. The van der Waals surface area contributed by atoms with Crippen LogP contribution in [0.4, 0.5) is 0 Å². The van der Waals surface area contributed by atoms with Gasteiger partial charge in [0.15, 0.2) is 23.2 Å². The largest absolute Gasteiger partial charge is 0.504 e. The molecule has 26 heavy (non-hydrogen) atoms. The van der Waals surface area contributed by atoms with Gasteiger partial charge in [0.05, 0.1) is 19.3 Å². The topological polar surface area (TPSA) is 88.0 Å². The summed E-state index contributed by atoms with van der Waals surface area (Å²) >= 11 is 5.90. The summed E-state index contributed by atoms with van der Waals surface area (Å²) in [7, 11) is 1.36. The van der Waals surface area contributed by atoms with Crippen molar-refractivity contribution >= 4 is 23.0 Å². The van der Waals surface area contributed by atoms with Crippen molar-refractivity contribution in [2.75, 3.05) is 20.3 Å². The molecule has 0 spiro atoms. The molecule has 0 saturated carbocycles. The van der Waals surface area contributed by atoms with E-state index in [2.05, 4.69) is 5.32 Å². The maximum absolute atomic E-state index is 13.1. The lowest BCUT2D eigenvalue weighted by Crippen LogP contribution is -2.27. The second kappa shape index (κ2) is 7.58. The number of methoxy groups -OCH3 is 1. The second-order valence-electron chi connectivity index (χ2n) is 5.72. The minimum atomic E-state index is -0.392. The number of ether oxygens (including phenoxy) is 2. The van der Waals surface area contributed by atoms with Crippen molar-refractivity contribution in [3.8, 4) is 17.2 Å². The van der Waals surface area contributed by atoms with Crippen LogP contribution in [0.15, 0.2) is 42.3 Å². The summed E-state index contributed by atoms with van der Waals surface area (Å²) in [5, 5.41) is 23.5. The molecule has 3 rings (SSSR count). The average molecular weight is 376 g/mol. The molecular formula is C19H18ClNO5. The van der Waals surface area contributed by atoms with Crippen LogP contribution < -0.4 is 10.1 Å². The summed E-state index contributed by atoms with van der Waals surface area (Å²) in [5.41, 5.74) is 1.02. The molecule has 1 aliphatic rings. The molecule has 0 radical (unpaired) electrons. The van der Waals surface area contributed by atoms with Crippen LogP contribution >= 0.6 is 11.6 Å². The Morgan fingerprint density at radius 2 is 1.92 bits per heavy atom. The highest BCUT2D eigenvalue weighted by Crippen LogP contribution is 2.39. The highest BCUT2D eigenvalue weighted by atomic mass is 35.5. The average Bonchev–Trinajstić information content (AvgIpc) is 2.66. The van der Waals surface area contributed by atoms with Gasteiger partial charge in [-0.15, -0.1) is 0 Å². The number of aromatic hydroxyl groups is 2. The Balaban J connectivity index is 2.15. The highest BCUT2D eigenvalue weighted by Gasteiger charge is 2.25. The van der Waals surface area contributed by atoms with Gasteiger partial charge in [-0.1, -0.05) is 11.6 Å². The van der Waals surface area contributed by atoms with Crippen LogP contribution in [0, 0.1) is 0 Å². The van der Waals surface area contributed by atoms with Crippen molar-refractivity contribution in [1.82, 2.24) is 5.32 Å². The summed E-state index contributed by atoms with van der Waals surface area (Å²) < 4.78 is 10.7. The van der Waals surface area contributed by atoms with Gasteiger partial charge in [-0.3, -0.25) is 4.79 Å². The van der Waals surface area contributed by atoms with Crippen LogP contribution in [0.3, 0.4) is 0 Å². The molecule has 2 aromatic carbocycles. The Labute approximate surface area is 155 Å². The van der Waals surface area contributed by atoms with Crippen molar-refractivity contribution in [1.29, 1.82) is 0 Å². The van der Waals surface area contributed by atoms with Crippen LogP contribution in [0.5, 0.6) is 17.2 Å². The fraction of sp³-hybridized carbons (Fsp3) is 0.211. The van der Waals surface area contributed by atoms with Gasteiger partial charge in [0, 0.05) is 17.1 Å². The Hall–Kier alpha value is -2.86. The van der Waals surface area contributed by atoms with E-state index >= 15 is 0 Å². The Kier molecular flexibility index (Phi) is 5.23. The lowest BCUT2D eigenvalue weighted by Gasteiger charge is -2.22. The molecule has 1 aliphatic heterocycles. The number of Topliss-reactive ketones (excluding diaryl/α,β-unsaturated/α-hetero) is 1. The molecule has 7 heteroatoms. The summed E-state index contributed by atoms with van der Waals surface area (Å²) in [5.74, 6) is -0.714. The van der Waals surface area contributed by atoms with E-state index in [0.29, 0.717) is 35.2 Å². The zero-order chi connectivity index (χ0) is 18.7. The third-order valence-corrected chi connectivity index (χ3v) is 4.23. The van der Waals surface area contributed by atoms with Crippen molar-refractivity contribution in [2.45, 2.75) is 6.42 Å². The van der Waals surface area contributed by atoms with E-state index in [1.807, 2.05) is 0 Å². The number of rotatable bonds is 4. The summed E-state index contributed by atoms with van der Waals surface area (Å²) in [6.07, 6.45) is 0.816. The number of benzene rings is 2. The predicted molar refractivity (Wildman–Crippen MR) is 97.6 cm³/mol. The van der Waals surface area contributed by atoms with Gasteiger partial charge in [-0.25, -0.2) is 0 Å². The van der Waals surface area contributed by atoms with Crippen LogP contribution in [0.25, 0.3) is 5.57 Å². The molecule has 1 saturated heterocycles. The number of nitrogens with one attached hydrogen (secondary N) is 1. The summed E-state index contributed by atoms with van der Waals surface area (Å²) in [4.78, 5) is 13.1. The normalized spacial score (nSPS) is 15.6. The van der Waals surface area contributed by atoms with Crippen molar-refractivity contribution in [2.24, 2.45) is 0 Å². The molecule has 0 aromatic heterocycles. The monoisotopic (exact) mass is 375 g/mol. The number of phenols is 2. The third kappa shape index (κ3) is 3.55. The first-order valence-corrected chi connectivity index (χ1v) is 8.40. The number of allylic oxidation sites excluding steroid dienone is 1. The first kappa shape index (κ1) is 17.9. The van der Waals surface area contributed by atoms with E-state index in [9.17, 15) is 15.0 Å². The molecule has 0 bridgehead atoms. The maximum Gasteiger partial charge on any atom is 0.200 e. The standard InChI is InChI=1S/C19H18ClNO5/c1-25-15-10-12(9-14(22)18(15)24)16(19-21-7-2-8-26-19)17(23)11-3-5-13(20)6-4-11/h3-6,9-10,21-22,24H,2,7-8H2,1H3/b19-16+. The molecule has 0 aliphatic carbocycles. The lowest BCUT2D eigenvalue weighted by molar-refractivity contribution is 0.104. The smallest absolute Gasteiger partial charge is 0.200 e. The van der Waals surface area contributed by atoms with Crippen LogP contribution in [-0.2, 0) is 4.74 Å². The fourth-order valence-corrected chi connectivity index (χ4v) is 2.79. The van der Waals surface area contributed by atoms with E-state index < -0.39 is 11.5 Å². The van der Waals surface area contributed by atoms with E-state index in [-0.39, 0.29) is 17.1 Å². The first-order valence-electron chi connectivity index (χ1n) is 8.03. The van der Waals surface area contributed by atoms with Gasteiger partial charge >= 0.3 is 0 Å². The predicted octanol–water partition coefficient (Wildman–Crippen LogP) is 3.32. The van der Waals surface area contributed by atoms with Crippen molar-refractivity contribution in [3.63, 3.8) is 0 Å². The van der Waals surface area contributed by atoms with E-state index in [1.165, 1.54) is 19.2 Å². The minimum Gasteiger partial charge on any atom is -0.504 e. The van der Waals surface area contributed by atoms with Crippen LogP contribution in [-0.4, -0.2) is 36.3 Å². The van der Waals surface area contributed by atoms with E-state index in [0.717, 1.165) is 6.42 Å². The van der Waals surface area contributed by atoms with Gasteiger partial charge in [0.2, 0.25) is 5.75 Å². The molecule has 2 aromatic rings. The van der Waals surface area contributed by atoms with Crippen LogP contribution in [0.2, 0.25) is 5.02 Å². The van der Waals surface area contributed by atoms with Crippen molar-refractivity contribution < 1.29 is 24.5 Å². The Morgan fingerprint density at radius 3 is 2.54 bits per heavy atom. The minimum absolute atomic E-state index is 0.0535. The zero-order valence-corrected chi connectivity index (χ0v) is 14.8. The zero-order valence-electron chi connectivity index (χ0n) is 14.1. The molecule has 0 amide bonds. The van der Waals surface area contributed by atoms with Crippen LogP contribution in [0.1, 0.15) is 22.3 Å². The quantitative estimate of drug-likeness (QED) is 0.431. The Morgan fingerprint density at radius 1 is 1.19 bits per heavy atom. The molecule has 0 atom stereocenters. The fourth-order valence-electron chi connectivity index (χ4n) is 2.66. The number of ketones is 1. The van der Waals surface area contributed by atoms with Gasteiger partial charge in [0.25, 0.3) is 0 Å². The van der Waals surface area contributed by atoms with Gasteiger partial charge < -0.3 is 25.0 Å². The van der Waals surface area contributed by atoms with E-state index in [4.69, 9.17) is 21.1 Å². The van der Waals surface area contributed by atoms with Crippen molar-refractivity contribution in [3.05, 3.63) is 58.4 Å². The number of hydrogen-bond donors (Lipinski definition) is 3. The molecule has 1 fully saturated rings. The third-order valence-electron chi connectivity index (χ3n) is 3.98. The Bertz CT molecular complexity index is 853. The maximum atomic E-state index is 13.1. The van der Waals surface area contributed by atoms with Gasteiger partial charge in [-0.05, 0) is 48.4 Å². The molecule has 1 heterocycles. The molecule has 6 nitrogen and oxygen atoms in total. The number of hydrogen-bond acceptors (Lipinski definition) is 6. The number of phenolic OH excluding ortho intramolecular Hbond substituents is 2. The summed E-state index contributed by atoms with van der Waals surface area (Å²) in [6.45, 7) is 1.13. The molecule has 3 N–H and O–H groups in total. The first-order chi connectivity index (χ1) is 12.5. The molecule has 136 valence electrons. The second-order valence-corrected chi connectivity index (χ2v) is 6.15. The number of carbonyl (C=O) groups excluding carboxylic acids is 1. The van der Waals surface area contributed by atoms with Gasteiger partial charge in [-0.2, -0.15) is 0 Å². The highest BCUT2D eigenvalue weighted by molar-refractivity contribution is 6.32. The van der Waals surface area contributed by atoms with E-state index in [1.54, 1.807) is 24.3 Å². The number of halogens is 1. The summed E-state index contributed by atoms with van der Waals surface area (Å²) in [6, 6.07) is 9.26. The lowest BCUT2D eigenvalue weighted by atomic mass is 9.96. The molecular weight excluding hydrogens is 358 g/mol. The number of carbonyl (C=O) groups is 1.